The molecule has 1 unspecified atom stereocenters. The number of nitrogens with one attached hydrogen (secondary N) is 1. The second-order valence-corrected chi connectivity index (χ2v) is 5.32. The quantitative estimate of drug-likeness (QED) is 0.563. The lowest BCUT2D eigenvalue weighted by Crippen LogP contribution is -2.41. The van der Waals surface area contributed by atoms with Crippen LogP contribution < -0.4 is 11.2 Å². The fraction of sp³-hybridized carbons (Fsp3) is 0.538. The fourth-order valence-corrected chi connectivity index (χ4v) is 2.77. The van der Waals surface area contributed by atoms with Gasteiger partial charge in [0.25, 0.3) is 0 Å². The van der Waals surface area contributed by atoms with Crippen molar-refractivity contribution in [1.82, 2.24) is 4.68 Å². The Labute approximate surface area is 121 Å². The van der Waals surface area contributed by atoms with Gasteiger partial charge in [-0.1, -0.05) is 0 Å². The molecule has 5 N–H and O–H groups in total. The van der Waals surface area contributed by atoms with Crippen molar-refractivity contribution in [3.8, 4) is 6.07 Å². The van der Waals surface area contributed by atoms with Gasteiger partial charge < -0.3 is 26.1 Å². The maximum atomic E-state index is 10.0. The number of ether oxygens (including phenoxy) is 1. The molecule has 0 spiro atoms. The Bertz CT molecular complexity index is 634. The third-order valence-corrected chi connectivity index (χ3v) is 3.90. The maximum absolute atomic E-state index is 10.0. The number of nitrogens with zero attached hydrogens (tertiary/aromatic N) is 3. The van der Waals surface area contributed by atoms with Gasteiger partial charge in [-0.15, -0.1) is 0 Å². The van der Waals surface area contributed by atoms with Crippen molar-refractivity contribution in [3.05, 3.63) is 23.5 Å². The molecule has 1 saturated heterocycles. The van der Waals surface area contributed by atoms with E-state index in [-0.39, 0.29) is 12.6 Å². The van der Waals surface area contributed by atoms with Crippen molar-refractivity contribution in [2.75, 3.05) is 12.0 Å². The van der Waals surface area contributed by atoms with E-state index < -0.39 is 24.4 Å². The molecule has 0 saturated carbocycles. The summed E-state index contributed by atoms with van der Waals surface area (Å²) in [5, 5.41) is 28.6. The Morgan fingerprint density at radius 2 is 2.43 bits per heavy atom. The molecule has 0 bridgehead atoms. The number of aliphatic hydroxyl groups is 2. The second-order valence-electron chi connectivity index (χ2n) is 5.32. The van der Waals surface area contributed by atoms with Crippen LogP contribution >= 0.6 is 0 Å². The molecule has 3 heterocycles. The van der Waals surface area contributed by atoms with Gasteiger partial charge in [0.2, 0.25) is 5.60 Å². The molecule has 0 aromatic carbocycles. The number of hydrogen-bond acceptors (Lipinski definition) is 7. The highest BCUT2D eigenvalue weighted by Crippen LogP contribution is 2.39. The number of rotatable bonds is 2. The largest absolute Gasteiger partial charge is 0.392 e. The predicted octanol–water partition coefficient (Wildman–Crippen LogP) is -0.827. The van der Waals surface area contributed by atoms with Crippen molar-refractivity contribution in [1.29, 1.82) is 5.26 Å². The summed E-state index contributed by atoms with van der Waals surface area (Å²) in [5.41, 5.74) is 8.89. The molecule has 0 aliphatic carbocycles. The Balaban J connectivity index is 1.95. The molecule has 0 amide bonds. The standard InChI is InChI=1S/C13H17N5O3/c1-7-16-12(15)9-3-2-8(18(9)17-7)10-4-11(20)13(5-14,6-19)21-10/h2-3,7,10-11,17,19-20H,4,6H2,1H3,(H2,15,16)/t7?,10-,11+,13-/m1/s1. The van der Waals surface area contributed by atoms with Gasteiger partial charge in [0.1, 0.15) is 36.0 Å². The average molecular weight is 291 g/mol. The third kappa shape index (κ3) is 1.98. The molecule has 8 heteroatoms. The molecule has 8 nitrogen and oxygen atoms in total. The lowest BCUT2D eigenvalue weighted by molar-refractivity contribution is -0.0748. The molecule has 4 atom stereocenters. The van der Waals surface area contributed by atoms with Crippen LogP contribution in [0.3, 0.4) is 0 Å². The number of aliphatic hydroxyl groups excluding tert-OH is 2. The molecule has 112 valence electrons. The van der Waals surface area contributed by atoms with E-state index in [0.29, 0.717) is 11.5 Å². The molecule has 21 heavy (non-hydrogen) atoms. The normalized spacial score (nSPS) is 34.8. The summed E-state index contributed by atoms with van der Waals surface area (Å²) in [6, 6.07) is 5.48. The number of nitriles is 1. The molecule has 1 aromatic rings. The summed E-state index contributed by atoms with van der Waals surface area (Å²) in [6.07, 6.45) is -1.51. The van der Waals surface area contributed by atoms with E-state index in [1.807, 2.05) is 19.1 Å². The van der Waals surface area contributed by atoms with Crippen molar-refractivity contribution in [3.63, 3.8) is 0 Å². The van der Waals surface area contributed by atoms with Gasteiger partial charge >= 0.3 is 0 Å². The van der Waals surface area contributed by atoms with Crippen molar-refractivity contribution >= 4 is 5.84 Å². The van der Waals surface area contributed by atoms with Gasteiger partial charge in [-0.05, 0) is 19.1 Å². The zero-order chi connectivity index (χ0) is 15.2. The van der Waals surface area contributed by atoms with Gasteiger partial charge in [-0.25, -0.2) is 4.99 Å². The van der Waals surface area contributed by atoms with E-state index in [0.717, 1.165) is 5.69 Å². The fourth-order valence-electron chi connectivity index (χ4n) is 2.77. The molecule has 1 aromatic heterocycles. The first kappa shape index (κ1) is 13.9. The Morgan fingerprint density at radius 3 is 3.05 bits per heavy atom. The molecular formula is C13H17N5O3. The van der Waals surface area contributed by atoms with Crippen LogP contribution in [0.5, 0.6) is 0 Å². The Hall–Kier alpha value is -2.08. The van der Waals surface area contributed by atoms with Crippen LogP contribution in [0, 0.1) is 11.3 Å². The van der Waals surface area contributed by atoms with Gasteiger partial charge in [0.05, 0.1) is 12.3 Å². The van der Waals surface area contributed by atoms with E-state index in [4.69, 9.17) is 15.7 Å². The van der Waals surface area contributed by atoms with Crippen LogP contribution in [-0.2, 0) is 4.74 Å². The van der Waals surface area contributed by atoms with Gasteiger partial charge in [-0.2, -0.15) is 5.26 Å². The molecule has 2 aliphatic heterocycles. The van der Waals surface area contributed by atoms with Crippen LogP contribution in [0.15, 0.2) is 17.1 Å². The first-order chi connectivity index (χ1) is 10.0. The van der Waals surface area contributed by atoms with Crippen molar-refractivity contribution < 1.29 is 14.9 Å². The number of aromatic nitrogens is 1. The second kappa shape index (κ2) is 4.73. The van der Waals surface area contributed by atoms with E-state index in [2.05, 4.69) is 10.4 Å². The third-order valence-electron chi connectivity index (χ3n) is 3.90. The number of nitrogens with two attached hydrogens (primary N) is 1. The number of hydrogen-bond donors (Lipinski definition) is 4. The average Bonchev–Trinajstić information content (AvgIpc) is 3.00. The highest BCUT2D eigenvalue weighted by Gasteiger charge is 2.49. The Morgan fingerprint density at radius 1 is 1.67 bits per heavy atom. The summed E-state index contributed by atoms with van der Waals surface area (Å²) >= 11 is 0. The van der Waals surface area contributed by atoms with E-state index >= 15 is 0 Å². The van der Waals surface area contributed by atoms with Crippen LogP contribution in [-0.4, -0.2) is 45.2 Å². The highest BCUT2D eigenvalue weighted by molar-refractivity contribution is 5.97. The van der Waals surface area contributed by atoms with Crippen molar-refractivity contribution in [2.24, 2.45) is 10.7 Å². The van der Waals surface area contributed by atoms with Crippen LogP contribution in [0.2, 0.25) is 0 Å². The minimum Gasteiger partial charge on any atom is -0.392 e. The molecule has 0 radical (unpaired) electrons. The summed E-state index contributed by atoms with van der Waals surface area (Å²) in [6.45, 7) is 1.30. The topological polar surface area (TPSA) is 129 Å². The van der Waals surface area contributed by atoms with Crippen molar-refractivity contribution in [2.45, 2.75) is 37.3 Å². The zero-order valence-corrected chi connectivity index (χ0v) is 11.5. The van der Waals surface area contributed by atoms with Gasteiger partial charge in [-0.3, -0.25) is 4.68 Å². The monoisotopic (exact) mass is 291 g/mol. The zero-order valence-electron chi connectivity index (χ0n) is 11.5. The number of amidine groups is 1. The molecular weight excluding hydrogens is 274 g/mol. The van der Waals surface area contributed by atoms with Crippen LogP contribution in [0.4, 0.5) is 0 Å². The lowest BCUT2D eigenvalue weighted by Gasteiger charge is -2.26. The summed E-state index contributed by atoms with van der Waals surface area (Å²) in [5.74, 6) is 0.416. The highest BCUT2D eigenvalue weighted by atomic mass is 16.5. The maximum Gasteiger partial charge on any atom is 0.203 e. The molecule has 2 aliphatic rings. The first-order valence-corrected chi connectivity index (χ1v) is 6.70. The molecule has 3 rings (SSSR count). The summed E-state index contributed by atoms with van der Waals surface area (Å²) in [7, 11) is 0. The van der Waals surface area contributed by atoms with Crippen LogP contribution in [0.25, 0.3) is 0 Å². The summed E-state index contributed by atoms with van der Waals surface area (Å²) < 4.78 is 7.40. The Kier molecular flexibility index (Phi) is 3.13. The lowest BCUT2D eigenvalue weighted by atomic mass is 9.99. The minimum atomic E-state index is -1.57. The minimum absolute atomic E-state index is 0.187. The van der Waals surface area contributed by atoms with Gasteiger partial charge in [0.15, 0.2) is 0 Å². The van der Waals surface area contributed by atoms with Crippen LogP contribution in [0.1, 0.15) is 30.8 Å². The first-order valence-electron chi connectivity index (χ1n) is 6.70. The SMILES string of the molecule is CC1N=C(N)c2ccc([C@H]3C[C@H](O)[C@@](C#N)(CO)O3)n2N1. The smallest absolute Gasteiger partial charge is 0.203 e. The predicted molar refractivity (Wildman–Crippen MR) is 73.9 cm³/mol. The number of fused-ring (bicyclic) bond motifs is 1. The molecule has 1 fully saturated rings. The van der Waals surface area contributed by atoms with Gasteiger partial charge in [0, 0.05) is 6.42 Å². The van der Waals surface area contributed by atoms with E-state index in [1.165, 1.54) is 0 Å². The van der Waals surface area contributed by atoms with E-state index in [1.54, 1.807) is 10.7 Å². The van der Waals surface area contributed by atoms with E-state index in [9.17, 15) is 10.2 Å². The number of aliphatic imine (C=N–C) groups is 1. The summed E-state index contributed by atoms with van der Waals surface area (Å²) in [4.78, 5) is 4.22.